The van der Waals surface area contributed by atoms with Crippen molar-refractivity contribution in [2.45, 2.75) is 110 Å². The minimum atomic E-state index is -0.0487. The second-order valence-electron chi connectivity index (χ2n) is 7.99. The molecule has 0 saturated heterocycles. The van der Waals surface area contributed by atoms with E-state index in [9.17, 15) is 9.59 Å². The van der Waals surface area contributed by atoms with Crippen LogP contribution in [0.15, 0.2) is 23.8 Å². The van der Waals surface area contributed by atoms with E-state index in [-0.39, 0.29) is 17.5 Å². The summed E-state index contributed by atoms with van der Waals surface area (Å²) in [7, 11) is 0. The summed E-state index contributed by atoms with van der Waals surface area (Å²) in [5.41, 5.74) is 0.701. The smallest absolute Gasteiger partial charge is 0.182 e. The number of unbranched alkanes of at least 4 members (excludes halogenated alkanes) is 13. The maximum absolute atomic E-state index is 11.8. The van der Waals surface area contributed by atoms with Crippen molar-refractivity contribution in [2.75, 3.05) is 0 Å². The number of hydrogen-bond acceptors (Lipinski definition) is 2. The zero-order valence-corrected chi connectivity index (χ0v) is 17.2. The number of hydrogen-bond donors (Lipinski definition) is 0. The van der Waals surface area contributed by atoms with Crippen molar-refractivity contribution in [3.05, 3.63) is 23.8 Å². The Balaban J connectivity index is 1.89. The molecule has 0 aliphatic heterocycles. The molecule has 1 aliphatic rings. The van der Waals surface area contributed by atoms with E-state index < -0.39 is 0 Å². The Morgan fingerprint density at radius 3 is 1.65 bits per heavy atom. The molecule has 0 spiro atoms. The van der Waals surface area contributed by atoms with Gasteiger partial charge in [0.15, 0.2) is 11.6 Å². The third kappa shape index (κ3) is 10.7. The monoisotopic (exact) mass is 360 g/mol. The van der Waals surface area contributed by atoms with E-state index in [4.69, 9.17) is 0 Å². The highest BCUT2D eigenvalue weighted by Gasteiger charge is 2.18. The Morgan fingerprint density at radius 2 is 1.15 bits per heavy atom. The van der Waals surface area contributed by atoms with Gasteiger partial charge < -0.3 is 0 Å². The Morgan fingerprint density at radius 1 is 0.692 bits per heavy atom. The molecule has 0 heterocycles. The van der Waals surface area contributed by atoms with E-state index in [0.717, 1.165) is 12.8 Å². The van der Waals surface area contributed by atoms with Gasteiger partial charge in [-0.3, -0.25) is 9.59 Å². The molecule has 0 aromatic carbocycles. The molecule has 0 aromatic heterocycles. The molecule has 0 radical (unpaired) electrons. The largest absolute Gasteiger partial charge is 0.290 e. The Bertz CT molecular complexity index is 459. The highest BCUT2D eigenvalue weighted by molar-refractivity contribution is 6.17. The van der Waals surface area contributed by atoms with Crippen molar-refractivity contribution in [2.24, 2.45) is 5.92 Å². The zero-order chi connectivity index (χ0) is 19.0. The third-order valence-corrected chi connectivity index (χ3v) is 5.50. The highest BCUT2D eigenvalue weighted by atomic mass is 16.1. The van der Waals surface area contributed by atoms with Crippen LogP contribution in [0.3, 0.4) is 0 Å². The number of ketones is 2. The normalized spacial score (nSPS) is 15.4. The lowest BCUT2D eigenvalue weighted by Gasteiger charge is -2.15. The van der Waals surface area contributed by atoms with Crippen LogP contribution >= 0.6 is 0 Å². The summed E-state index contributed by atoms with van der Waals surface area (Å²) in [5.74, 6) is 0.170. The van der Waals surface area contributed by atoms with Gasteiger partial charge in [-0.05, 0) is 30.6 Å². The molecule has 2 heteroatoms. The second-order valence-corrected chi connectivity index (χ2v) is 7.99. The Labute approximate surface area is 161 Å². The first-order valence-electron chi connectivity index (χ1n) is 11.1. The molecule has 1 unspecified atom stereocenters. The molecule has 0 bridgehead atoms. The van der Waals surface area contributed by atoms with Crippen molar-refractivity contribution in [3.8, 4) is 0 Å². The number of carbonyl (C=O) groups is 2. The van der Waals surface area contributed by atoms with Crippen LogP contribution in [0.1, 0.15) is 110 Å². The number of carbonyl (C=O) groups excluding carboxylic acids is 2. The molecule has 1 atom stereocenters. The van der Waals surface area contributed by atoms with Crippen molar-refractivity contribution in [3.63, 3.8) is 0 Å². The van der Waals surface area contributed by atoms with Gasteiger partial charge in [0.25, 0.3) is 0 Å². The average molecular weight is 361 g/mol. The van der Waals surface area contributed by atoms with E-state index in [0.29, 0.717) is 5.57 Å². The quantitative estimate of drug-likeness (QED) is 0.217. The Kier molecular flexibility index (Phi) is 13.1. The van der Waals surface area contributed by atoms with Crippen LogP contribution in [0.25, 0.3) is 0 Å². The van der Waals surface area contributed by atoms with Gasteiger partial charge in [-0.25, -0.2) is 0 Å². The fourth-order valence-corrected chi connectivity index (χ4v) is 3.71. The predicted molar refractivity (Wildman–Crippen MR) is 111 cm³/mol. The predicted octanol–water partition coefficient (Wildman–Crippen LogP) is 7.13. The van der Waals surface area contributed by atoms with Crippen LogP contribution in [0.4, 0.5) is 0 Å². The van der Waals surface area contributed by atoms with Crippen LogP contribution < -0.4 is 0 Å². The Hall–Kier alpha value is -1.18. The highest BCUT2D eigenvalue weighted by Crippen LogP contribution is 2.22. The number of allylic oxidation sites excluding steroid dienone is 4. The maximum Gasteiger partial charge on any atom is 0.182 e. The molecule has 1 rings (SSSR count). The molecule has 0 saturated carbocycles. The lowest BCUT2D eigenvalue weighted by atomic mass is 9.88. The maximum atomic E-state index is 11.8. The van der Waals surface area contributed by atoms with E-state index >= 15 is 0 Å². The summed E-state index contributed by atoms with van der Waals surface area (Å²) in [6, 6.07) is 0. The number of rotatable bonds is 16. The van der Waals surface area contributed by atoms with Gasteiger partial charge >= 0.3 is 0 Å². The molecule has 0 fully saturated rings. The van der Waals surface area contributed by atoms with Crippen LogP contribution in [0.2, 0.25) is 0 Å². The summed E-state index contributed by atoms with van der Waals surface area (Å²) in [6.07, 6.45) is 24.4. The standard InChI is InChI=1S/C24H40O2/c1-3-4-5-6-7-8-9-10-11-12-13-14-15-16-17-21(2)23-20-22(25)18-19-24(23)26/h18-21H,3-17H2,1-2H3. The van der Waals surface area contributed by atoms with Gasteiger partial charge in [0.1, 0.15) is 0 Å². The first kappa shape index (κ1) is 22.9. The van der Waals surface area contributed by atoms with E-state index in [1.165, 1.54) is 102 Å². The van der Waals surface area contributed by atoms with Crippen LogP contribution in [0.5, 0.6) is 0 Å². The fourth-order valence-electron chi connectivity index (χ4n) is 3.71. The van der Waals surface area contributed by atoms with Gasteiger partial charge in [-0.2, -0.15) is 0 Å². The van der Waals surface area contributed by atoms with E-state index in [1.807, 2.05) is 0 Å². The van der Waals surface area contributed by atoms with Crippen molar-refractivity contribution >= 4 is 11.6 Å². The molecule has 0 amide bonds. The summed E-state index contributed by atoms with van der Waals surface area (Å²) in [5, 5.41) is 0. The summed E-state index contributed by atoms with van der Waals surface area (Å²) >= 11 is 0. The molecule has 0 aromatic rings. The van der Waals surface area contributed by atoms with Gasteiger partial charge in [-0.1, -0.05) is 104 Å². The molecule has 0 N–H and O–H groups in total. The van der Waals surface area contributed by atoms with Gasteiger partial charge in [-0.15, -0.1) is 0 Å². The van der Waals surface area contributed by atoms with Gasteiger partial charge in [0.05, 0.1) is 0 Å². The minimum Gasteiger partial charge on any atom is -0.290 e. The second kappa shape index (κ2) is 14.9. The molecule has 1 aliphatic carbocycles. The molecule has 148 valence electrons. The van der Waals surface area contributed by atoms with Crippen molar-refractivity contribution in [1.82, 2.24) is 0 Å². The van der Waals surface area contributed by atoms with Gasteiger partial charge in [0, 0.05) is 5.57 Å². The van der Waals surface area contributed by atoms with Crippen LogP contribution in [-0.4, -0.2) is 11.6 Å². The lowest BCUT2D eigenvalue weighted by molar-refractivity contribution is -0.114. The fraction of sp³-hybridized carbons (Fsp3) is 0.750. The third-order valence-electron chi connectivity index (χ3n) is 5.50. The summed E-state index contributed by atoms with van der Waals surface area (Å²) in [6.45, 7) is 4.34. The van der Waals surface area contributed by atoms with Crippen LogP contribution in [0, 0.1) is 5.92 Å². The van der Waals surface area contributed by atoms with Crippen molar-refractivity contribution < 1.29 is 9.59 Å². The summed E-state index contributed by atoms with van der Waals surface area (Å²) in [4.78, 5) is 23.2. The average Bonchev–Trinajstić information content (AvgIpc) is 2.63. The zero-order valence-electron chi connectivity index (χ0n) is 17.2. The summed E-state index contributed by atoms with van der Waals surface area (Å²) < 4.78 is 0. The van der Waals surface area contributed by atoms with Crippen LogP contribution in [-0.2, 0) is 9.59 Å². The lowest BCUT2D eigenvalue weighted by Crippen LogP contribution is -2.14. The van der Waals surface area contributed by atoms with Gasteiger partial charge in [0.2, 0.25) is 0 Å². The molecule has 2 nitrogen and oxygen atoms in total. The minimum absolute atomic E-state index is 0.0162. The SMILES string of the molecule is CCCCCCCCCCCCCCCCC(C)C1=CC(=O)C=CC1=O. The first-order valence-corrected chi connectivity index (χ1v) is 11.1. The van der Waals surface area contributed by atoms with E-state index in [1.54, 1.807) is 0 Å². The molecule has 26 heavy (non-hydrogen) atoms. The molecular weight excluding hydrogens is 320 g/mol. The van der Waals surface area contributed by atoms with Crippen molar-refractivity contribution in [1.29, 1.82) is 0 Å². The van der Waals surface area contributed by atoms with E-state index in [2.05, 4.69) is 13.8 Å². The first-order chi connectivity index (χ1) is 12.6. The topological polar surface area (TPSA) is 34.1 Å². The molecular formula is C24H40O2.